The molecule has 2 N–H and O–H groups in total. The van der Waals surface area contributed by atoms with Crippen LogP contribution in [0.4, 0.5) is 5.69 Å². The molecule has 0 saturated carbocycles. The normalized spacial score (nSPS) is 10.4. The molecule has 0 aromatic heterocycles. The van der Waals surface area contributed by atoms with Crippen LogP contribution in [0.3, 0.4) is 0 Å². The molecule has 5 heteroatoms. The second-order valence-electron chi connectivity index (χ2n) is 4.45. The van der Waals surface area contributed by atoms with E-state index in [1.807, 2.05) is 0 Å². The summed E-state index contributed by atoms with van der Waals surface area (Å²) in [6, 6.07) is 13.1. The molecule has 2 aromatic rings. The molecule has 0 heterocycles. The van der Waals surface area contributed by atoms with Gasteiger partial charge in [0, 0.05) is 23.5 Å². The highest BCUT2D eigenvalue weighted by molar-refractivity contribution is 6.04. The van der Waals surface area contributed by atoms with Gasteiger partial charge in [-0.05, 0) is 48.5 Å². The molecule has 0 aliphatic rings. The second-order valence-corrected chi connectivity index (χ2v) is 4.45. The Kier molecular flexibility index (Phi) is 4.93. The average molecular weight is 297 g/mol. The Balaban J connectivity index is 1.96. The lowest BCUT2D eigenvalue weighted by Crippen LogP contribution is -1.98. The van der Waals surface area contributed by atoms with Crippen LogP contribution < -0.4 is 10.1 Å². The van der Waals surface area contributed by atoms with E-state index in [4.69, 9.17) is 9.84 Å². The van der Waals surface area contributed by atoms with E-state index in [1.165, 1.54) is 24.4 Å². The zero-order valence-corrected chi connectivity index (χ0v) is 11.9. The van der Waals surface area contributed by atoms with Gasteiger partial charge in [-0.25, -0.2) is 4.79 Å². The van der Waals surface area contributed by atoms with Crippen LogP contribution in [0.15, 0.2) is 60.8 Å². The fourth-order valence-electron chi connectivity index (χ4n) is 1.77. The van der Waals surface area contributed by atoms with Gasteiger partial charge in [0.05, 0.1) is 12.7 Å². The minimum absolute atomic E-state index is 0.141. The number of hydrogen-bond acceptors (Lipinski definition) is 4. The van der Waals surface area contributed by atoms with Crippen molar-refractivity contribution in [2.75, 3.05) is 12.4 Å². The lowest BCUT2D eigenvalue weighted by molar-refractivity contribution is 0.0696. The number of anilines is 1. The number of carbonyl (C=O) groups excluding carboxylic acids is 1. The maximum absolute atomic E-state index is 11.9. The first-order valence-corrected chi connectivity index (χ1v) is 6.55. The molecule has 0 fully saturated rings. The van der Waals surface area contributed by atoms with Gasteiger partial charge in [0.2, 0.25) is 0 Å². The third kappa shape index (κ3) is 3.96. The summed E-state index contributed by atoms with van der Waals surface area (Å²) in [5.74, 6) is -0.425. The number of rotatable bonds is 6. The van der Waals surface area contributed by atoms with Crippen molar-refractivity contribution in [2.45, 2.75) is 0 Å². The summed E-state index contributed by atoms with van der Waals surface area (Å²) >= 11 is 0. The van der Waals surface area contributed by atoms with Gasteiger partial charge in [0.25, 0.3) is 0 Å². The number of nitrogens with one attached hydrogen (secondary N) is 1. The van der Waals surface area contributed by atoms with Gasteiger partial charge in [-0.2, -0.15) is 0 Å². The first kappa shape index (κ1) is 15.3. The molecule has 112 valence electrons. The van der Waals surface area contributed by atoms with Gasteiger partial charge in [-0.1, -0.05) is 0 Å². The molecule has 0 saturated heterocycles. The van der Waals surface area contributed by atoms with E-state index in [-0.39, 0.29) is 11.3 Å². The van der Waals surface area contributed by atoms with Gasteiger partial charge in [-0.3, -0.25) is 4.79 Å². The van der Waals surface area contributed by atoms with Gasteiger partial charge in [0.1, 0.15) is 5.75 Å². The summed E-state index contributed by atoms with van der Waals surface area (Å²) < 4.78 is 5.03. The number of allylic oxidation sites excluding steroid dienone is 1. The van der Waals surface area contributed by atoms with Gasteiger partial charge in [0.15, 0.2) is 5.78 Å². The number of benzene rings is 2. The molecule has 0 aliphatic heterocycles. The summed E-state index contributed by atoms with van der Waals surface area (Å²) in [5.41, 5.74) is 1.47. The van der Waals surface area contributed by atoms with Crippen LogP contribution >= 0.6 is 0 Å². The Morgan fingerprint density at radius 1 is 1.00 bits per heavy atom. The topological polar surface area (TPSA) is 75.6 Å². The molecule has 0 radical (unpaired) electrons. The molecule has 0 bridgehead atoms. The Bertz CT molecular complexity index is 688. The van der Waals surface area contributed by atoms with Crippen LogP contribution in [0.25, 0.3) is 0 Å². The van der Waals surface area contributed by atoms with Crippen LogP contribution in [0, 0.1) is 0 Å². The fraction of sp³-hybridized carbons (Fsp3) is 0.0588. The van der Waals surface area contributed by atoms with E-state index < -0.39 is 5.97 Å². The maximum Gasteiger partial charge on any atom is 0.335 e. The third-order valence-corrected chi connectivity index (χ3v) is 2.99. The van der Waals surface area contributed by atoms with Crippen LogP contribution in [0.2, 0.25) is 0 Å². The Morgan fingerprint density at radius 2 is 1.59 bits per heavy atom. The Hall–Kier alpha value is -3.08. The Morgan fingerprint density at radius 3 is 2.14 bits per heavy atom. The highest BCUT2D eigenvalue weighted by Crippen LogP contribution is 2.12. The van der Waals surface area contributed by atoms with E-state index in [0.717, 1.165) is 0 Å². The fourth-order valence-corrected chi connectivity index (χ4v) is 1.77. The monoisotopic (exact) mass is 297 g/mol. The molecule has 5 nitrogen and oxygen atoms in total. The van der Waals surface area contributed by atoms with Crippen molar-refractivity contribution in [2.24, 2.45) is 0 Å². The molecule has 0 amide bonds. The number of hydrogen-bond donors (Lipinski definition) is 2. The minimum atomic E-state index is -0.975. The number of ether oxygens (including phenoxy) is 1. The van der Waals surface area contributed by atoms with E-state index in [1.54, 1.807) is 43.5 Å². The van der Waals surface area contributed by atoms with Crippen molar-refractivity contribution in [3.8, 4) is 5.75 Å². The highest BCUT2D eigenvalue weighted by Gasteiger charge is 2.02. The standard InChI is InChI=1S/C17H15NO4/c1-22-15-8-4-12(5-9-15)16(19)10-11-18-14-6-2-13(3-7-14)17(20)21/h2-11,18H,1H3,(H,20,21)/b11-10-. The van der Waals surface area contributed by atoms with Crippen molar-refractivity contribution in [1.29, 1.82) is 0 Å². The first-order valence-electron chi connectivity index (χ1n) is 6.55. The summed E-state index contributed by atoms with van der Waals surface area (Å²) in [6.45, 7) is 0. The molecular weight excluding hydrogens is 282 g/mol. The van der Waals surface area contributed by atoms with Crippen molar-refractivity contribution < 1.29 is 19.4 Å². The number of carboxylic acid groups (broad SMARTS) is 1. The zero-order chi connectivity index (χ0) is 15.9. The predicted molar refractivity (Wildman–Crippen MR) is 83.5 cm³/mol. The molecule has 0 aliphatic carbocycles. The average Bonchev–Trinajstić information content (AvgIpc) is 2.55. The predicted octanol–water partition coefficient (Wildman–Crippen LogP) is 3.20. The quantitative estimate of drug-likeness (QED) is 0.632. The van der Waals surface area contributed by atoms with Crippen LogP contribution in [-0.4, -0.2) is 24.0 Å². The van der Waals surface area contributed by atoms with Crippen molar-refractivity contribution in [3.63, 3.8) is 0 Å². The second kappa shape index (κ2) is 7.08. The maximum atomic E-state index is 11.9. The number of carboxylic acids is 1. The molecule has 0 spiro atoms. The minimum Gasteiger partial charge on any atom is -0.497 e. The smallest absolute Gasteiger partial charge is 0.335 e. The van der Waals surface area contributed by atoms with E-state index in [0.29, 0.717) is 17.0 Å². The Labute approximate surface area is 127 Å². The van der Waals surface area contributed by atoms with Crippen LogP contribution in [0.1, 0.15) is 20.7 Å². The molecule has 0 atom stereocenters. The molecular formula is C17H15NO4. The van der Waals surface area contributed by atoms with Gasteiger partial charge in [-0.15, -0.1) is 0 Å². The first-order chi connectivity index (χ1) is 10.6. The molecule has 2 aromatic carbocycles. The van der Waals surface area contributed by atoms with Gasteiger partial charge >= 0.3 is 5.97 Å². The summed E-state index contributed by atoms with van der Waals surface area (Å²) in [4.78, 5) is 22.7. The summed E-state index contributed by atoms with van der Waals surface area (Å²) in [7, 11) is 1.57. The van der Waals surface area contributed by atoms with Gasteiger partial charge < -0.3 is 15.2 Å². The number of aromatic carboxylic acids is 1. The summed E-state index contributed by atoms with van der Waals surface area (Å²) in [6.07, 6.45) is 2.93. The van der Waals surface area contributed by atoms with E-state index in [9.17, 15) is 9.59 Å². The summed E-state index contributed by atoms with van der Waals surface area (Å²) in [5, 5.41) is 11.7. The molecule has 22 heavy (non-hydrogen) atoms. The molecule has 0 unspecified atom stereocenters. The number of methoxy groups -OCH3 is 1. The lowest BCUT2D eigenvalue weighted by atomic mass is 10.1. The van der Waals surface area contributed by atoms with Crippen LogP contribution in [0.5, 0.6) is 5.75 Å². The SMILES string of the molecule is COc1ccc(C(=O)/C=C\Nc2ccc(C(=O)O)cc2)cc1. The lowest BCUT2D eigenvalue weighted by Gasteiger charge is -2.02. The van der Waals surface area contributed by atoms with E-state index in [2.05, 4.69) is 5.32 Å². The van der Waals surface area contributed by atoms with Crippen molar-refractivity contribution >= 4 is 17.4 Å². The zero-order valence-electron chi connectivity index (χ0n) is 11.9. The van der Waals surface area contributed by atoms with E-state index >= 15 is 0 Å². The molecule has 2 rings (SSSR count). The van der Waals surface area contributed by atoms with Crippen molar-refractivity contribution in [1.82, 2.24) is 0 Å². The third-order valence-electron chi connectivity index (χ3n) is 2.99. The number of ketones is 1. The van der Waals surface area contributed by atoms with Crippen molar-refractivity contribution in [3.05, 3.63) is 71.9 Å². The largest absolute Gasteiger partial charge is 0.497 e. The van der Waals surface area contributed by atoms with Crippen LogP contribution in [-0.2, 0) is 0 Å². The number of carbonyl (C=O) groups is 2. The highest BCUT2D eigenvalue weighted by atomic mass is 16.5.